The number of H-pyrrole nitrogens is 1. The molecule has 0 aliphatic heterocycles. The Labute approximate surface area is 189 Å². The lowest BCUT2D eigenvalue weighted by atomic mass is 10.1. The zero-order chi connectivity index (χ0) is 24.8. The predicted molar refractivity (Wildman–Crippen MR) is 112 cm³/mol. The molecule has 0 bridgehead atoms. The van der Waals surface area contributed by atoms with Gasteiger partial charge in [-0.15, -0.1) is 11.3 Å². The number of halogens is 5. The third-order valence-electron chi connectivity index (χ3n) is 4.82. The highest BCUT2D eigenvalue weighted by Gasteiger charge is 2.39. The average molecular weight is 497 g/mol. The van der Waals surface area contributed by atoms with Crippen molar-refractivity contribution in [2.24, 2.45) is 7.05 Å². The number of hydrogen-bond acceptors (Lipinski definition) is 6. The number of nitrogens with one attached hydrogen (secondary N) is 2. The van der Waals surface area contributed by atoms with Crippen molar-refractivity contribution in [1.29, 1.82) is 0 Å². The summed E-state index contributed by atoms with van der Waals surface area (Å²) in [5, 5.41) is 3.56. The maximum Gasteiger partial charge on any atom is 0.422 e. The van der Waals surface area contributed by atoms with Crippen molar-refractivity contribution in [3.63, 3.8) is 0 Å². The van der Waals surface area contributed by atoms with E-state index in [1.165, 1.54) is 24.7 Å². The second kappa shape index (κ2) is 8.44. The van der Waals surface area contributed by atoms with Crippen LogP contribution < -0.4 is 16.6 Å². The van der Waals surface area contributed by atoms with Gasteiger partial charge in [-0.3, -0.25) is 19.1 Å². The van der Waals surface area contributed by atoms with E-state index in [-0.39, 0.29) is 27.4 Å². The van der Waals surface area contributed by atoms with Crippen LogP contribution in [0.2, 0.25) is 0 Å². The van der Waals surface area contributed by atoms with Crippen molar-refractivity contribution in [1.82, 2.24) is 19.5 Å². The first-order valence-corrected chi connectivity index (χ1v) is 10.2. The Morgan fingerprint density at radius 3 is 2.65 bits per heavy atom. The summed E-state index contributed by atoms with van der Waals surface area (Å²) >= 11 is 0.802. The number of alkyl halides is 3. The van der Waals surface area contributed by atoms with Crippen LogP contribution in [0.3, 0.4) is 0 Å². The Balaban J connectivity index is 1.60. The summed E-state index contributed by atoms with van der Waals surface area (Å²) in [6.45, 7) is 0. The van der Waals surface area contributed by atoms with Gasteiger partial charge in [-0.25, -0.2) is 18.6 Å². The molecule has 8 nitrogen and oxygen atoms in total. The summed E-state index contributed by atoms with van der Waals surface area (Å²) in [7, 11) is 1.26. The van der Waals surface area contributed by atoms with E-state index in [9.17, 15) is 36.3 Å². The van der Waals surface area contributed by atoms with Crippen LogP contribution >= 0.6 is 11.3 Å². The second-order valence-corrected chi connectivity index (χ2v) is 7.88. The molecular weight excluding hydrogens is 485 g/mol. The van der Waals surface area contributed by atoms with Crippen LogP contribution in [0.25, 0.3) is 22.2 Å². The fourth-order valence-corrected chi connectivity index (χ4v) is 3.95. The molecule has 3 aromatic heterocycles. The van der Waals surface area contributed by atoms with Crippen LogP contribution in [0.15, 0.2) is 39.4 Å². The minimum Gasteiger partial charge on any atom is -0.307 e. The highest BCUT2D eigenvalue weighted by molar-refractivity contribution is 7.14. The van der Waals surface area contributed by atoms with Crippen molar-refractivity contribution in [3.05, 3.63) is 73.5 Å². The SMILES string of the molecule is Cn1c(=O)[nH]c2ccnc(CC(=O)Nc3nc(-c4ccc(F)c(C(F)(F)F)c4F)cs3)c2c1=O. The van der Waals surface area contributed by atoms with E-state index in [1.54, 1.807) is 0 Å². The van der Waals surface area contributed by atoms with Crippen molar-refractivity contribution in [2.75, 3.05) is 5.32 Å². The Bertz CT molecular complexity index is 1560. The van der Waals surface area contributed by atoms with E-state index in [0.29, 0.717) is 6.07 Å². The first kappa shape index (κ1) is 23.2. The first-order valence-electron chi connectivity index (χ1n) is 9.35. The van der Waals surface area contributed by atoms with Gasteiger partial charge in [-0.1, -0.05) is 0 Å². The number of pyridine rings is 1. The standard InChI is InChI=1S/C20H12F5N5O3S/c1-30-17(32)14-10(28-19(30)33)4-5-26-11(14)6-13(31)29-18-27-12(7-34-18)8-2-3-9(21)15(16(8)22)20(23,24)25/h2-5,7H,6H2,1H3,(H,28,33)(H,27,29,31). The van der Waals surface area contributed by atoms with Gasteiger partial charge >= 0.3 is 11.9 Å². The number of carbonyl (C=O) groups is 1. The third-order valence-corrected chi connectivity index (χ3v) is 5.58. The summed E-state index contributed by atoms with van der Waals surface area (Å²) in [4.78, 5) is 47.1. The molecule has 0 spiro atoms. The van der Waals surface area contributed by atoms with Crippen LogP contribution in [-0.2, 0) is 24.4 Å². The molecule has 0 fully saturated rings. The molecule has 2 N–H and O–H groups in total. The zero-order valence-electron chi connectivity index (χ0n) is 17.0. The molecule has 0 saturated heterocycles. The van der Waals surface area contributed by atoms with Crippen molar-refractivity contribution in [2.45, 2.75) is 12.6 Å². The van der Waals surface area contributed by atoms with Crippen LogP contribution in [-0.4, -0.2) is 25.4 Å². The first-order chi connectivity index (χ1) is 16.0. The van der Waals surface area contributed by atoms with E-state index in [1.807, 2.05) is 0 Å². The lowest BCUT2D eigenvalue weighted by Gasteiger charge is -2.11. The number of hydrogen-bond donors (Lipinski definition) is 2. The summed E-state index contributed by atoms with van der Waals surface area (Å²) in [6, 6.07) is 2.70. The van der Waals surface area contributed by atoms with Gasteiger partial charge in [0.2, 0.25) is 5.91 Å². The molecule has 3 heterocycles. The summed E-state index contributed by atoms with van der Waals surface area (Å²) in [6.07, 6.45) is -4.34. The maximum absolute atomic E-state index is 14.4. The second-order valence-electron chi connectivity index (χ2n) is 7.02. The zero-order valence-corrected chi connectivity index (χ0v) is 17.8. The maximum atomic E-state index is 14.4. The van der Waals surface area contributed by atoms with Crippen LogP contribution in [0, 0.1) is 11.6 Å². The molecule has 4 aromatic rings. The van der Waals surface area contributed by atoms with Crippen molar-refractivity contribution < 1.29 is 26.7 Å². The number of aromatic amines is 1. The highest BCUT2D eigenvalue weighted by atomic mass is 32.1. The van der Waals surface area contributed by atoms with E-state index in [4.69, 9.17) is 0 Å². The lowest BCUT2D eigenvalue weighted by molar-refractivity contribution is -0.142. The minimum atomic E-state index is -5.25. The van der Waals surface area contributed by atoms with Gasteiger partial charge in [0.05, 0.1) is 28.7 Å². The molecule has 0 aliphatic carbocycles. The fourth-order valence-electron chi connectivity index (χ4n) is 3.22. The Morgan fingerprint density at radius 2 is 1.94 bits per heavy atom. The van der Waals surface area contributed by atoms with Crippen molar-refractivity contribution in [3.8, 4) is 11.3 Å². The summed E-state index contributed by atoms with van der Waals surface area (Å²) < 4.78 is 67.6. The van der Waals surface area contributed by atoms with Gasteiger partial charge in [0.15, 0.2) is 5.13 Å². The number of amides is 1. The molecule has 0 atom stereocenters. The van der Waals surface area contributed by atoms with Gasteiger partial charge in [-0.2, -0.15) is 13.2 Å². The normalized spacial score (nSPS) is 11.7. The molecule has 1 amide bonds. The third kappa shape index (κ3) is 4.19. The number of thiazole rings is 1. The van der Waals surface area contributed by atoms with Gasteiger partial charge < -0.3 is 10.3 Å². The molecule has 0 saturated carbocycles. The minimum absolute atomic E-state index is 0.0349. The van der Waals surface area contributed by atoms with Crippen LogP contribution in [0.5, 0.6) is 0 Å². The Morgan fingerprint density at radius 1 is 1.21 bits per heavy atom. The monoisotopic (exact) mass is 497 g/mol. The van der Waals surface area contributed by atoms with E-state index in [2.05, 4.69) is 20.3 Å². The van der Waals surface area contributed by atoms with Crippen LogP contribution in [0.4, 0.5) is 27.1 Å². The number of carbonyl (C=O) groups excluding carboxylic acids is 1. The Kier molecular flexibility index (Phi) is 5.77. The van der Waals surface area contributed by atoms with Crippen LogP contribution in [0.1, 0.15) is 11.3 Å². The quantitative estimate of drug-likeness (QED) is 0.421. The highest BCUT2D eigenvalue weighted by Crippen LogP contribution is 2.38. The van der Waals surface area contributed by atoms with E-state index < -0.39 is 52.5 Å². The average Bonchev–Trinajstić information content (AvgIpc) is 3.19. The van der Waals surface area contributed by atoms with Gasteiger partial charge in [0.1, 0.15) is 17.2 Å². The molecular formula is C20H12F5N5O3S. The van der Waals surface area contributed by atoms with E-state index >= 15 is 0 Å². The summed E-state index contributed by atoms with van der Waals surface area (Å²) in [5.74, 6) is -4.25. The number of nitrogens with zero attached hydrogens (tertiary/aromatic N) is 3. The smallest absolute Gasteiger partial charge is 0.307 e. The van der Waals surface area contributed by atoms with E-state index in [0.717, 1.165) is 22.0 Å². The molecule has 176 valence electrons. The topological polar surface area (TPSA) is 110 Å². The molecule has 0 aliphatic rings. The molecule has 0 unspecified atom stereocenters. The number of aromatic nitrogens is 4. The number of fused-ring (bicyclic) bond motifs is 1. The number of anilines is 1. The predicted octanol–water partition coefficient (Wildman–Crippen LogP) is 3.22. The van der Waals surface area contributed by atoms with Gasteiger partial charge in [-0.05, 0) is 18.2 Å². The van der Waals surface area contributed by atoms with Gasteiger partial charge in [0.25, 0.3) is 5.56 Å². The fraction of sp³-hybridized carbons (Fsp3) is 0.150. The molecule has 34 heavy (non-hydrogen) atoms. The molecule has 1 aromatic carbocycles. The number of benzene rings is 1. The van der Waals surface area contributed by atoms with Gasteiger partial charge in [0, 0.05) is 24.2 Å². The number of rotatable bonds is 4. The summed E-state index contributed by atoms with van der Waals surface area (Å²) in [5.41, 5.74) is -3.90. The van der Waals surface area contributed by atoms with Crippen molar-refractivity contribution >= 4 is 33.3 Å². The lowest BCUT2D eigenvalue weighted by Crippen LogP contribution is -2.33. The largest absolute Gasteiger partial charge is 0.422 e. The molecule has 4 rings (SSSR count). The Hall–Kier alpha value is -3.94. The molecule has 14 heteroatoms. The molecule has 0 radical (unpaired) electrons.